The van der Waals surface area contributed by atoms with E-state index in [9.17, 15) is 13.2 Å². The maximum absolute atomic E-state index is 12.5. The first-order chi connectivity index (χ1) is 9.93. The number of amides is 1. The Labute approximate surface area is 141 Å². The Morgan fingerprint density at radius 2 is 2.09 bits per heavy atom. The Balaban J connectivity index is 0.00000242. The zero-order valence-electron chi connectivity index (χ0n) is 12.4. The third-order valence-corrected chi connectivity index (χ3v) is 6.39. The Kier molecular flexibility index (Phi) is 7.27. The number of sulfonamides is 1. The molecular formula is C13H22ClN3O3S2. The van der Waals surface area contributed by atoms with E-state index in [-0.39, 0.29) is 34.1 Å². The normalized spacial score (nSPS) is 17.0. The monoisotopic (exact) mass is 367 g/mol. The summed E-state index contributed by atoms with van der Waals surface area (Å²) in [5.41, 5.74) is 5.63. The number of nitrogens with one attached hydrogen (secondary N) is 1. The molecular weight excluding hydrogens is 346 g/mol. The van der Waals surface area contributed by atoms with Gasteiger partial charge >= 0.3 is 0 Å². The van der Waals surface area contributed by atoms with Gasteiger partial charge in [0.25, 0.3) is 5.91 Å². The number of carbonyl (C=O) groups is 1. The summed E-state index contributed by atoms with van der Waals surface area (Å²) in [5, 5.41) is 4.37. The SMILES string of the molecule is CC(N)CCNC(=O)c1sccc1S(=O)(=O)N1CCCC1.Cl. The van der Waals surface area contributed by atoms with Gasteiger partial charge in [-0.25, -0.2) is 8.42 Å². The fraction of sp³-hybridized carbons (Fsp3) is 0.615. The van der Waals surface area contributed by atoms with Crippen LogP contribution in [0.25, 0.3) is 0 Å². The minimum Gasteiger partial charge on any atom is -0.351 e. The number of hydrogen-bond donors (Lipinski definition) is 2. The molecule has 1 unspecified atom stereocenters. The van der Waals surface area contributed by atoms with Gasteiger partial charge in [0, 0.05) is 25.7 Å². The van der Waals surface area contributed by atoms with Crippen LogP contribution in [0, 0.1) is 0 Å². The number of hydrogen-bond acceptors (Lipinski definition) is 5. The molecule has 1 atom stereocenters. The van der Waals surface area contributed by atoms with Gasteiger partial charge in [0.1, 0.15) is 9.77 Å². The van der Waals surface area contributed by atoms with Crippen molar-refractivity contribution in [1.82, 2.24) is 9.62 Å². The lowest BCUT2D eigenvalue weighted by Crippen LogP contribution is -2.32. The maximum atomic E-state index is 12.5. The molecule has 1 fully saturated rings. The van der Waals surface area contributed by atoms with Gasteiger partial charge in [-0.05, 0) is 37.6 Å². The molecule has 0 aliphatic carbocycles. The lowest BCUT2D eigenvalue weighted by Gasteiger charge is -2.15. The van der Waals surface area contributed by atoms with Crippen molar-refractivity contribution in [1.29, 1.82) is 0 Å². The summed E-state index contributed by atoms with van der Waals surface area (Å²) >= 11 is 1.15. The summed E-state index contributed by atoms with van der Waals surface area (Å²) in [6.45, 7) is 3.37. The highest BCUT2D eigenvalue weighted by molar-refractivity contribution is 7.89. The number of nitrogens with zero attached hydrogens (tertiary/aromatic N) is 1. The molecule has 0 spiro atoms. The van der Waals surface area contributed by atoms with E-state index in [2.05, 4.69) is 5.32 Å². The van der Waals surface area contributed by atoms with Gasteiger partial charge in [0.2, 0.25) is 10.0 Å². The van der Waals surface area contributed by atoms with Crippen molar-refractivity contribution in [2.24, 2.45) is 5.73 Å². The van der Waals surface area contributed by atoms with Crippen molar-refractivity contribution in [3.8, 4) is 0 Å². The van der Waals surface area contributed by atoms with Crippen LogP contribution in [-0.2, 0) is 10.0 Å². The molecule has 1 aliphatic rings. The van der Waals surface area contributed by atoms with Crippen molar-refractivity contribution in [3.63, 3.8) is 0 Å². The lowest BCUT2D eigenvalue weighted by atomic mass is 10.2. The van der Waals surface area contributed by atoms with Gasteiger partial charge in [-0.2, -0.15) is 4.31 Å². The van der Waals surface area contributed by atoms with Crippen LogP contribution in [0.4, 0.5) is 0 Å². The van der Waals surface area contributed by atoms with Gasteiger partial charge < -0.3 is 11.1 Å². The Bertz CT molecular complexity index is 595. The molecule has 126 valence electrons. The zero-order chi connectivity index (χ0) is 15.5. The molecule has 0 saturated carbocycles. The predicted octanol–water partition coefficient (Wildman–Crippen LogP) is 1.42. The number of halogens is 1. The second-order valence-corrected chi connectivity index (χ2v) is 8.07. The molecule has 0 radical (unpaired) electrons. The molecule has 0 bridgehead atoms. The summed E-state index contributed by atoms with van der Waals surface area (Å²) in [7, 11) is -3.55. The highest BCUT2D eigenvalue weighted by Crippen LogP contribution is 2.27. The molecule has 1 saturated heterocycles. The topological polar surface area (TPSA) is 92.5 Å². The largest absolute Gasteiger partial charge is 0.351 e. The van der Waals surface area contributed by atoms with E-state index in [1.807, 2.05) is 6.92 Å². The van der Waals surface area contributed by atoms with Crippen LogP contribution in [0.1, 0.15) is 35.9 Å². The van der Waals surface area contributed by atoms with Crippen molar-refractivity contribution in [3.05, 3.63) is 16.3 Å². The smallest absolute Gasteiger partial charge is 0.262 e. The second-order valence-electron chi connectivity index (χ2n) is 5.25. The summed E-state index contributed by atoms with van der Waals surface area (Å²) in [5.74, 6) is -0.344. The molecule has 1 aromatic rings. The zero-order valence-corrected chi connectivity index (χ0v) is 14.9. The molecule has 2 rings (SSSR count). The number of nitrogens with two attached hydrogens (primary N) is 1. The lowest BCUT2D eigenvalue weighted by molar-refractivity contribution is 0.0953. The average molecular weight is 368 g/mol. The van der Waals surface area contributed by atoms with E-state index in [1.54, 1.807) is 5.38 Å². The van der Waals surface area contributed by atoms with E-state index < -0.39 is 10.0 Å². The van der Waals surface area contributed by atoms with Crippen molar-refractivity contribution in [2.75, 3.05) is 19.6 Å². The highest BCUT2D eigenvalue weighted by atomic mass is 35.5. The van der Waals surface area contributed by atoms with Crippen molar-refractivity contribution in [2.45, 2.75) is 37.1 Å². The van der Waals surface area contributed by atoms with Gasteiger partial charge in [-0.3, -0.25) is 4.79 Å². The Morgan fingerprint density at radius 3 is 2.68 bits per heavy atom. The fourth-order valence-corrected chi connectivity index (χ4v) is 5.06. The maximum Gasteiger partial charge on any atom is 0.262 e. The molecule has 22 heavy (non-hydrogen) atoms. The van der Waals surface area contributed by atoms with E-state index >= 15 is 0 Å². The number of rotatable bonds is 6. The second kappa shape index (κ2) is 8.26. The van der Waals surface area contributed by atoms with Crippen molar-refractivity contribution < 1.29 is 13.2 Å². The summed E-state index contributed by atoms with van der Waals surface area (Å²) < 4.78 is 26.5. The van der Waals surface area contributed by atoms with Crippen LogP contribution in [0.15, 0.2) is 16.3 Å². The van der Waals surface area contributed by atoms with Crippen LogP contribution in [-0.4, -0.2) is 44.3 Å². The van der Waals surface area contributed by atoms with Gasteiger partial charge in [-0.1, -0.05) is 0 Å². The first-order valence-corrected chi connectivity index (χ1v) is 9.36. The fourth-order valence-electron chi connectivity index (χ4n) is 2.23. The number of thiophene rings is 1. The summed E-state index contributed by atoms with van der Waals surface area (Å²) in [4.78, 5) is 12.5. The molecule has 2 heterocycles. The average Bonchev–Trinajstić information content (AvgIpc) is 3.10. The van der Waals surface area contributed by atoms with Gasteiger partial charge in [-0.15, -0.1) is 23.7 Å². The van der Waals surface area contributed by atoms with Crippen molar-refractivity contribution >= 4 is 39.7 Å². The van der Waals surface area contributed by atoms with E-state index in [0.29, 0.717) is 26.1 Å². The Hall–Kier alpha value is -0.670. The van der Waals surface area contributed by atoms with E-state index in [0.717, 1.165) is 24.2 Å². The Morgan fingerprint density at radius 1 is 1.45 bits per heavy atom. The molecule has 1 aliphatic heterocycles. The quantitative estimate of drug-likeness (QED) is 0.795. The predicted molar refractivity (Wildman–Crippen MR) is 90.2 cm³/mol. The molecule has 9 heteroatoms. The third-order valence-electron chi connectivity index (χ3n) is 3.40. The van der Waals surface area contributed by atoms with Gasteiger partial charge in [0.15, 0.2) is 0 Å². The van der Waals surface area contributed by atoms with Gasteiger partial charge in [0.05, 0.1) is 0 Å². The molecule has 6 nitrogen and oxygen atoms in total. The summed E-state index contributed by atoms with van der Waals surface area (Å²) in [6.07, 6.45) is 2.41. The van der Waals surface area contributed by atoms with E-state index in [1.165, 1.54) is 10.4 Å². The summed E-state index contributed by atoms with van der Waals surface area (Å²) in [6, 6.07) is 1.51. The first kappa shape index (κ1) is 19.4. The first-order valence-electron chi connectivity index (χ1n) is 7.04. The van der Waals surface area contributed by atoms with Crippen LogP contribution in [0.5, 0.6) is 0 Å². The molecule has 1 aromatic heterocycles. The standard InChI is InChI=1S/C13H21N3O3S2.ClH/c1-10(14)4-6-15-13(17)12-11(5-9-20-12)21(18,19)16-7-2-3-8-16;/h5,9-10H,2-4,6-8,14H2,1H3,(H,15,17);1H. The van der Waals surface area contributed by atoms with Crippen LogP contribution in [0.2, 0.25) is 0 Å². The van der Waals surface area contributed by atoms with Crippen LogP contribution >= 0.6 is 23.7 Å². The molecule has 0 aromatic carbocycles. The van der Waals surface area contributed by atoms with Crippen LogP contribution in [0.3, 0.4) is 0 Å². The third kappa shape index (κ3) is 4.42. The highest BCUT2D eigenvalue weighted by Gasteiger charge is 2.31. The molecule has 1 amide bonds. The van der Waals surface area contributed by atoms with E-state index in [4.69, 9.17) is 5.73 Å². The minimum atomic E-state index is -3.55. The minimum absolute atomic E-state index is 0. The molecule has 3 N–H and O–H groups in total. The van der Waals surface area contributed by atoms with Crippen LogP contribution < -0.4 is 11.1 Å². The number of carbonyl (C=O) groups excluding carboxylic acids is 1.